The molecule has 0 saturated carbocycles. The number of carbonyl (C=O) groups is 2. The monoisotopic (exact) mass is 383 g/mol. The predicted octanol–water partition coefficient (Wildman–Crippen LogP) is 4.48. The van der Waals surface area contributed by atoms with E-state index in [1.807, 2.05) is 20.8 Å². The molecule has 1 N–H and O–H groups in total. The van der Waals surface area contributed by atoms with Crippen molar-refractivity contribution in [1.29, 1.82) is 0 Å². The van der Waals surface area contributed by atoms with Gasteiger partial charge in [0.25, 0.3) is 5.91 Å². The molecule has 7 heteroatoms. The van der Waals surface area contributed by atoms with E-state index in [1.165, 1.54) is 17.8 Å². The summed E-state index contributed by atoms with van der Waals surface area (Å²) in [5.74, 6) is 0.913. The van der Waals surface area contributed by atoms with E-state index in [4.69, 9.17) is 21.1 Å². The number of carbonyl (C=O) groups excluding carboxylic acids is 2. The van der Waals surface area contributed by atoms with Crippen LogP contribution in [-0.4, -0.2) is 30.8 Å². The van der Waals surface area contributed by atoms with Crippen LogP contribution in [0.2, 0.25) is 5.02 Å². The Morgan fingerprint density at radius 1 is 1.40 bits per heavy atom. The molecule has 0 aliphatic carbocycles. The maximum atomic E-state index is 12.5. The Balaban J connectivity index is 2.15. The van der Waals surface area contributed by atoms with Gasteiger partial charge in [0.2, 0.25) is 0 Å². The van der Waals surface area contributed by atoms with Crippen LogP contribution in [0.15, 0.2) is 28.9 Å². The number of hydrogen-bond acceptors (Lipinski definition) is 5. The van der Waals surface area contributed by atoms with Gasteiger partial charge in [0.05, 0.1) is 23.8 Å². The minimum Gasteiger partial charge on any atom is -0.496 e. The first-order valence-electron chi connectivity index (χ1n) is 8.19. The lowest BCUT2D eigenvalue weighted by Gasteiger charge is -2.19. The average molecular weight is 384 g/mol. The van der Waals surface area contributed by atoms with Gasteiger partial charge in [-0.1, -0.05) is 32.4 Å². The van der Waals surface area contributed by atoms with Crippen molar-refractivity contribution in [3.05, 3.63) is 39.4 Å². The Morgan fingerprint density at radius 3 is 2.84 bits per heavy atom. The molecule has 0 saturated heterocycles. The number of thioether (sulfide) groups is 1. The van der Waals surface area contributed by atoms with Gasteiger partial charge < -0.3 is 14.8 Å². The van der Waals surface area contributed by atoms with E-state index in [2.05, 4.69) is 5.32 Å². The fraction of sp³-hybridized carbons (Fsp3) is 0.444. The molecule has 136 valence electrons. The molecule has 1 amide bonds. The van der Waals surface area contributed by atoms with Crippen LogP contribution in [0, 0.1) is 5.92 Å². The van der Waals surface area contributed by atoms with Crippen molar-refractivity contribution in [3.63, 3.8) is 0 Å². The number of amides is 1. The quantitative estimate of drug-likeness (QED) is 0.734. The Bertz CT molecular complexity index is 688. The summed E-state index contributed by atoms with van der Waals surface area (Å²) in [6.45, 7) is 6.77. The zero-order valence-electron chi connectivity index (χ0n) is 14.6. The molecule has 0 aromatic heterocycles. The van der Waals surface area contributed by atoms with E-state index in [1.54, 1.807) is 12.1 Å². The molecular weight excluding hydrogens is 362 g/mol. The minimum atomic E-state index is -0.501. The SMILES string of the molecule is CCC1=C(C(=O)Nc2ccc(Cl)c(C(=O)OCC(C)C)c2)SCCO1. The highest BCUT2D eigenvalue weighted by molar-refractivity contribution is 8.04. The van der Waals surface area contributed by atoms with Crippen molar-refractivity contribution >= 4 is 40.9 Å². The van der Waals surface area contributed by atoms with Crippen LogP contribution in [-0.2, 0) is 14.3 Å². The normalized spacial score (nSPS) is 14.3. The predicted molar refractivity (Wildman–Crippen MR) is 101 cm³/mol. The Morgan fingerprint density at radius 2 is 2.16 bits per heavy atom. The molecule has 2 rings (SSSR count). The van der Waals surface area contributed by atoms with Crippen molar-refractivity contribution in [2.24, 2.45) is 5.92 Å². The number of hydrogen-bond donors (Lipinski definition) is 1. The molecule has 0 bridgehead atoms. The maximum Gasteiger partial charge on any atom is 0.339 e. The molecule has 0 radical (unpaired) electrons. The summed E-state index contributed by atoms with van der Waals surface area (Å²) >= 11 is 7.56. The molecular formula is C18H22ClNO4S. The second kappa shape index (κ2) is 9.15. The fourth-order valence-corrected chi connectivity index (χ4v) is 3.29. The molecule has 0 fully saturated rings. The van der Waals surface area contributed by atoms with E-state index in [0.29, 0.717) is 36.0 Å². The molecule has 1 aliphatic heterocycles. The van der Waals surface area contributed by atoms with Gasteiger partial charge in [-0.3, -0.25) is 4.79 Å². The number of esters is 1. The summed E-state index contributed by atoms with van der Waals surface area (Å²) in [5, 5.41) is 3.09. The molecule has 5 nitrogen and oxygen atoms in total. The minimum absolute atomic E-state index is 0.230. The van der Waals surface area contributed by atoms with Crippen LogP contribution in [0.25, 0.3) is 0 Å². The van der Waals surface area contributed by atoms with Crippen molar-refractivity contribution in [1.82, 2.24) is 0 Å². The standard InChI is InChI=1S/C18H22ClNO4S/c1-4-15-16(25-8-7-23-15)17(21)20-12-5-6-14(19)13(9-12)18(22)24-10-11(2)3/h5-6,9,11H,4,7-8,10H2,1-3H3,(H,20,21). The third kappa shape index (κ3) is 5.41. The summed E-state index contributed by atoms with van der Waals surface area (Å²) in [6.07, 6.45) is 0.656. The van der Waals surface area contributed by atoms with Crippen LogP contribution in [0.5, 0.6) is 0 Å². The highest BCUT2D eigenvalue weighted by atomic mass is 35.5. The van der Waals surface area contributed by atoms with E-state index in [0.717, 1.165) is 5.75 Å². The molecule has 1 aliphatic rings. The topological polar surface area (TPSA) is 64.6 Å². The van der Waals surface area contributed by atoms with Crippen LogP contribution < -0.4 is 5.32 Å². The van der Waals surface area contributed by atoms with Crippen molar-refractivity contribution in [2.45, 2.75) is 27.2 Å². The molecule has 1 aromatic rings. The number of halogens is 1. The summed E-state index contributed by atoms with van der Waals surface area (Å²) in [6, 6.07) is 4.76. The lowest BCUT2D eigenvalue weighted by molar-refractivity contribution is -0.112. The van der Waals surface area contributed by atoms with Gasteiger partial charge in [0.1, 0.15) is 10.7 Å². The van der Waals surface area contributed by atoms with Crippen molar-refractivity contribution in [2.75, 3.05) is 24.3 Å². The van der Waals surface area contributed by atoms with Gasteiger partial charge in [-0.25, -0.2) is 4.79 Å². The summed E-state index contributed by atoms with van der Waals surface area (Å²) in [4.78, 5) is 25.2. The molecule has 0 unspecified atom stereocenters. The first-order chi connectivity index (χ1) is 11.9. The van der Waals surface area contributed by atoms with E-state index < -0.39 is 5.97 Å². The Kier molecular flexibility index (Phi) is 7.20. The highest BCUT2D eigenvalue weighted by Crippen LogP contribution is 2.29. The number of benzene rings is 1. The maximum absolute atomic E-state index is 12.5. The number of rotatable bonds is 6. The number of allylic oxidation sites excluding steroid dienone is 1. The lowest BCUT2D eigenvalue weighted by Crippen LogP contribution is -2.19. The third-order valence-electron chi connectivity index (χ3n) is 3.38. The van der Waals surface area contributed by atoms with Crippen LogP contribution in [0.3, 0.4) is 0 Å². The number of ether oxygens (including phenoxy) is 2. The summed E-state index contributed by atoms with van der Waals surface area (Å²) < 4.78 is 10.7. The fourth-order valence-electron chi connectivity index (χ4n) is 2.18. The van der Waals surface area contributed by atoms with E-state index in [9.17, 15) is 9.59 Å². The van der Waals surface area contributed by atoms with E-state index >= 15 is 0 Å². The molecule has 1 aromatic carbocycles. The number of nitrogens with one attached hydrogen (secondary N) is 1. The Labute approximate surface area is 157 Å². The van der Waals surface area contributed by atoms with Gasteiger partial charge in [0, 0.05) is 17.9 Å². The summed E-state index contributed by atoms with van der Waals surface area (Å²) in [5.41, 5.74) is 0.720. The highest BCUT2D eigenvalue weighted by Gasteiger charge is 2.21. The largest absolute Gasteiger partial charge is 0.496 e. The van der Waals surface area contributed by atoms with Crippen molar-refractivity contribution < 1.29 is 19.1 Å². The van der Waals surface area contributed by atoms with E-state index in [-0.39, 0.29) is 22.4 Å². The first-order valence-corrected chi connectivity index (χ1v) is 9.55. The number of anilines is 1. The van der Waals surface area contributed by atoms with Crippen LogP contribution in [0.1, 0.15) is 37.6 Å². The second-order valence-electron chi connectivity index (χ2n) is 5.94. The van der Waals surface area contributed by atoms with Crippen molar-refractivity contribution in [3.8, 4) is 0 Å². The van der Waals surface area contributed by atoms with Gasteiger partial charge in [-0.15, -0.1) is 11.8 Å². The van der Waals surface area contributed by atoms with Crippen LogP contribution >= 0.6 is 23.4 Å². The van der Waals surface area contributed by atoms with Gasteiger partial charge >= 0.3 is 5.97 Å². The van der Waals surface area contributed by atoms with Gasteiger partial charge in [0.15, 0.2) is 0 Å². The van der Waals surface area contributed by atoms with Gasteiger partial charge in [-0.05, 0) is 24.1 Å². The van der Waals surface area contributed by atoms with Crippen LogP contribution in [0.4, 0.5) is 5.69 Å². The first kappa shape index (κ1) is 19.7. The zero-order valence-corrected chi connectivity index (χ0v) is 16.1. The smallest absolute Gasteiger partial charge is 0.339 e. The lowest BCUT2D eigenvalue weighted by atomic mass is 10.2. The molecule has 25 heavy (non-hydrogen) atoms. The molecule has 1 heterocycles. The Hall–Kier alpha value is -1.66. The average Bonchev–Trinajstić information content (AvgIpc) is 2.61. The third-order valence-corrected chi connectivity index (χ3v) is 4.78. The molecule has 0 atom stereocenters. The molecule has 0 spiro atoms. The van der Waals surface area contributed by atoms with Gasteiger partial charge in [-0.2, -0.15) is 0 Å². The summed E-state index contributed by atoms with van der Waals surface area (Å²) in [7, 11) is 0. The zero-order chi connectivity index (χ0) is 18.4. The second-order valence-corrected chi connectivity index (χ2v) is 7.46.